The molecule has 0 radical (unpaired) electrons. The molecule has 2 aromatic carbocycles. The Balaban J connectivity index is 1.52. The van der Waals surface area contributed by atoms with E-state index in [4.69, 9.17) is 9.47 Å². The molecule has 27 heavy (non-hydrogen) atoms. The molecule has 0 bridgehead atoms. The quantitative estimate of drug-likeness (QED) is 0.729. The normalized spacial score (nSPS) is 13.0. The van der Waals surface area contributed by atoms with Crippen LogP contribution < -0.4 is 25.4 Å². The summed E-state index contributed by atoms with van der Waals surface area (Å²) in [6.45, 7) is 4.24. The van der Waals surface area contributed by atoms with E-state index < -0.39 is 0 Å². The molecule has 3 amide bonds. The van der Waals surface area contributed by atoms with Gasteiger partial charge >= 0.3 is 6.03 Å². The second-order valence-corrected chi connectivity index (χ2v) is 6.22. The first-order valence-electron chi connectivity index (χ1n) is 8.88. The number of hydrogen-bond acceptors (Lipinski definition) is 4. The van der Waals surface area contributed by atoms with Crippen molar-refractivity contribution in [3.05, 3.63) is 53.6 Å². The maximum Gasteiger partial charge on any atom is 0.315 e. The molecule has 0 unspecified atom stereocenters. The summed E-state index contributed by atoms with van der Waals surface area (Å²) >= 11 is 0. The van der Waals surface area contributed by atoms with Crippen molar-refractivity contribution in [2.24, 2.45) is 0 Å². The van der Waals surface area contributed by atoms with Crippen molar-refractivity contribution < 1.29 is 19.1 Å². The zero-order valence-electron chi connectivity index (χ0n) is 15.4. The van der Waals surface area contributed by atoms with Crippen LogP contribution >= 0.6 is 0 Å². The highest BCUT2D eigenvalue weighted by Gasteiger charge is 2.17. The van der Waals surface area contributed by atoms with Crippen molar-refractivity contribution in [3.63, 3.8) is 0 Å². The molecule has 2 aromatic rings. The van der Waals surface area contributed by atoms with E-state index in [1.54, 1.807) is 6.92 Å². The first kappa shape index (κ1) is 18.6. The number of carbonyl (C=O) groups is 2. The average Bonchev–Trinajstić information content (AvgIpc) is 3.16. The molecule has 0 spiro atoms. The van der Waals surface area contributed by atoms with E-state index in [-0.39, 0.29) is 24.8 Å². The highest BCUT2D eigenvalue weighted by Crippen LogP contribution is 2.35. The molecule has 1 aliphatic rings. The van der Waals surface area contributed by atoms with Gasteiger partial charge in [-0.3, -0.25) is 4.79 Å². The molecule has 142 valence electrons. The van der Waals surface area contributed by atoms with Gasteiger partial charge in [-0.2, -0.15) is 0 Å². The number of fused-ring (bicyclic) bond motifs is 1. The number of hydrogen-bond donors (Lipinski definition) is 3. The van der Waals surface area contributed by atoms with Gasteiger partial charge in [-0.15, -0.1) is 0 Å². The topological polar surface area (TPSA) is 88.7 Å². The fraction of sp³-hybridized carbons (Fsp3) is 0.300. The summed E-state index contributed by atoms with van der Waals surface area (Å²) in [5.74, 6) is 1.34. The van der Waals surface area contributed by atoms with Crippen molar-refractivity contribution in [1.29, 1.82) is 0 Å². The summed E-state index contributed by atoms with van der Waals surface area (Å²) in [7, 11) is 0. The van der Waals surface area contributed by atoms with Gasteiger partial charge < -0.3 is 25.4 Å². The van der Waals surface area contributed by atoms with Crippen LogP contribution in [0.1, 0.15) is 37.4 Å². The highest BCUT2D eigenvalue weighted by molar-refractivity contribution is 5.90. The first-order valence-corrected chi connectivity index (χ1v) is 8.88. The Morgan fingerprint density at radius 1 is 1.11 bits per heavy atom. The van der Waals surface area contributed by atoms with E-state index >= 15 is 0 Å². The van der Waals surface area contributed by atoms with Crippen LogP contribution in [0.25, 0.3) is 0 Å². The molecule has 0 aliphatic carbocycles. The van der Waals surface area contributed by atoms with Crippen LogP contribution in [0.3, 0.4) is 0 Å². The minimum Gasteiger partial charge on any atom is -0.454 e. The van der Waals surface area contributed by atoms with Crippen LogP contribution in [0, 0.1) is 0 Å². The number of para-hydroxylation sites is 1. The van der Waals surface area contributed by atoms with Gasteiger partial charge in [0.2, 0.25) is 12.7 Å². The molecular weight excluding hydrogens is 346 g/mol. The molecule has 0 fully saturated rings. The summed E-state index contributed by atoms with van der Waals surface area (Å²) in [5, 5.41) is 8.52. The van der Waals surface area contributed by atoms with Gasteiger partial charge in [0, 0.05) is 24.2 Å². The van der Waals surface area contributed by atoms with E-state index in [0.717, 1.165) is 16.8 Å². The second kappa shape index (κ2) is 8.44. The molecule has 3 N–H and O–H groups in total. The number of urea groups is 1. The summed E-state index contributed by atoms with van der Waals surface area (Å²) in [4.78, 5) is 23.6. The molecule has 7 nitrogen and oxygen atoms in total. The third kappa shape index (κ3) is 4.69. The molecular formula is C20H23N3O4. The molecule has 1 heterocycles. The Morgan fingerprint density at radius 3 is 2.63 bits per heavy atom. The lowest BCUT2D eigenvalue weighted by Crippen LogP contribution is -2.36. The maximum absolute atomic E-state index is 12.2. The summed E-state index contributed by atoms with van der Waals surface area (Å²) in [5.41, 5.74) is 2.54. The maximum atomic E-state index is 12.2. The van der Waals surface area contributed by atoms with Gasteiger partial charge in [0.25, 0.3) is 0 Å². The van der Waals surface area contributed by atoms with Crippen LogP contribution in [0.5, 0.6) is 11.5 Å². The number of ether oxygens (including phenoxy) is 2. The Kier molecular flexibility index (Phi) is 5.80. The van der Waals surface area contributed by atoms with Gasteiger partial charge in [-0.1, -0.05) is 31.2 Å². The van der Waals surface area contributed by atoms with Crippen LogP contribution in [0.4, 0.5) is 10.5 Å². The van der Waals surface area contributed by atoms with Gasteiger partial charge in [-0.05, 0) is 30.7 Å². The zero-order chi connectivity index (χ0) is 19.2. The van der Waals surface area contributed by atoms with Gasteiger partial charge in [0.05, 0.1) is 6.04 Å². The standard InChI is InChI=1S/C20H23N3O4/c1-3-18(24)23-16-9-7-14(8-10-16)13(2)22-20(25)21-11-15-5-4-6-17-19(15)27-12-26-17/h4-10,13H,3,11-12H2,1-2H3,(H,23,24)(H2,21,22,25)/t13-/m1/s1. The lowest BCUT2D eigenvalue weighted by atomic mass is 10.1. The summed E-state index contributed by atoms with van der Waals surface area (Å²) in [6, 6.07) is 12.5. The summed E-state index contributed by atoms with van der Waals surface area (Å²) < 4.78 is 10.8. The van der Waals surface area contributed by atoms with E-state index in [0.29, 0.717) is 24.5 Å². The molecule has 0 saturated heterocycles. The lowest BCUT2D eigenvalue weighted by Gasteiger charge is -2.16. The lowest BCUT2D eigenvalue weighted by molar-refractivity contribution is -0.115. The molecule has 1 atom stereocenters. The molecule has 0 saturated carbocycles. The SMILES string of the molecule is CCC(=O)Nc1ccc([C@@H](C)NC(=O)NCc2cccc3c2OCO3)cc1. The fourth-order valence-corrected chi connectivity index (χ4v) is 2.74. The van der Waals surface area contributed by atoms with Crippen LogP contribution in [0.2, 0.25) is 0 Å². The van der Waals surface area contributed by atoms with Gasteiger partial charge in [-0.25, -0.2) is 4.79 Å². The molecule has 0 aromatic heterocycles. The van der Waals surface area contributed by atoms with Crippen LogP contribution in [-0.4, -0.2) is 18.7 Å². The van der Waals surface area contributed by atoms with E-state index in [1.807, 2.05) is 49.4 Å². The smallest absolute Gasteiger partial charge is 0.315 e. The third-order valence-corrected chi connectivity index (χ3v) is 4.28. The largest absolute Gasteiger partial charge is 0.454 e. The van der Waals surface area contributed by atoms with Crippen molar-refractivity contribution in [2.45, 2.75) is 32.9 Å². The van der Waals surface area contributed by atoms with Gasteiger partial charge in [0.15, 0.2) is 11.5 Å². The molecule has 7 heteroatoms. The Bertz CT molecular complexity index is 820. The first-order chi connectivity index (χ1) is 13.1. The van der Waals surface area contributed by atoms with Crippen LogP contribution in [-0.2, 0) is 11.3 Å². The average molecular weight is 369 g/mol. The highest BCUT2D eigenvalue weighted by atomic mass is 16.7. The monoisotopic (exact) mass is 369 g/mol. The number of nitrogens with one attached hydrogen (secondary N) is 3. The summed E-state index contributed by atoms with van der Waals surface area (Å²) in [6.07, 6.45) is 0.432. The van der Waals surface area contributed by atoms with Crippen LogP contribution in [0.15, 0.2) is 42.5 Å². The van der Waals surface area contributed by atoms with Crippen molar-refractivity contribution in [1.82, 2.24) is 10.6 Å². The van der Waals surface area contributed by atoms with Crippen molar-refractivity contribution >= 4 is 17.6 Å². The number of anilines is 1. The Labute approximate surface area is 158 Å². The number of amides is 3. The van der Waals surface area contributed by atoms with E-state index in [9.17, 15) is 9.59 Å². The minimum atomic E-state index is -0.276. The number of carbonyl (C=O) groups excluding carboxylic acids is 2. The zero-order valence-corrected chi connectivity index (χ0v) is 15.4. The molecule has 3 rings (SSSR count). The predicted molar refractivity (Wildman–Crippen MR) is 102 cm³/mol. The minimum absolute atomic E-state index is 0.0323. The van der Waals surface area contributed by atoms with E-state index in [2.05, 4.69) is 16.0 Å². The van der Waals surface area contributed by atoms with Gasteiger partial charge in [0.1, 0.15) is 0 Å². The van der Waals surface area contributed by atoms with Crippen molar-refractivity contribution in [3.8, 4) is 11.5 Å². The molecule has 1 aliphatic heterocycles. The number of benzene rings is 2. The Morgan fingerprint density at radius 2 is 1.89 bits per heavy atom. The second-order valence-electron chi connectivity index (χ2n) is 6.22. The number of rotatable bonds is 6. The predicted octanol–water partition coefficient (Wildman–Crippen LogP) is 3.32. The fourth-order valence-electron chi connectivity index (χ4n) is 2.74. The van der Waals surface area contributed by atoms with E-state index in [1.165, 1.54) is 0 Å². The third-order valence-electron chi connectivity index (χ3n) is 4.28. The van der Waals surface area contributed by atoms with Crippen molar-refractivity contribution in [2.75, 3.05) is 12.1 Å². The Hall–Kier alpha value is -3.22.